The smallest absolute Gasteiger partial charge is 0.0178 e. The van der Waals surface area contributed by atoms with E-state index in [0.29, 0.717) is 0 Å². The zero-order valence-electron chi connectivity index (χ0n) is 42.2. The molecule has 0 aliphatic rings. The first-order valence-corrected chi connectivity index (χ1v) is 28.8. The van der Waals surface area contributed by atoms with E-state index in [1.807, 2.05) is 0 Å². The molecule has 1 aromatic rings. The lowest BCUT2D eigenvalue weighted by Crippen LogP contribution is -2.02. The van der Waals surface area contributed by atoms with Gasteiger partial charge in [0.25, 0.3) is 0 Å². The van der Waals surface area contributed by atoms with Gasteiger partial charge in [-0.3, -0.25) is 0 Å². The largest absolute Gasteiger partial charge is 0.0654 e. The zero-order valence-corrected chi connectivity index (χ0v) is 42.2. The van der Waals surface area contributed by atoms with Crippen LogP contribution in [0.15, 0.2) is 12.1 Å². The summed E-state index contributed by atoms with van der Waals surface area (Å²) in [6, 6.07) is 8.42. The van der Waals surface area contributed by atoms with Crippen LogP contribution in [0, 0.1) is 6.07 Å². The van der Waals surface area contributed by atoms with Crippen LogP contribution in [0.3, 0.4) is 0 Å². The Balaban J connectivity index is 2.30. The van der Waals surface area contributed by atoms with Gasteiger partial charge in [0.2, 0.25) is 0 Å². The third kappa shape index (κ3) is 40.0. The summed E-state index contributed by atoms with van der Waals surface area (Å²) in [7, 11) is 0. The molecule has 0 aliphatic carbocycles. The normalized spacial score (nSPS) is 11.7. The summed E-state index contributed by atoms with van der Waals surface area (Å²) in [6.45, 7) is 6.96. The van der Waals surface area contributed by atoms with Gasteiger partial charge >= 0.3 is 0 Å². The van der Waals surface area contributed by atoms with Crippen molar-refractivity contribution in [1.82, 2.24) is 0 Å². The summed E-state index contributed by atoms with van der Waals surface area (Å²) >= 11 is 0. The topological polar surface area (TPSA) is 0 Å². The first-order chi connectivity index (χ1) is 29.8. The van der Waals surface area contributed by atoms with Crippen molar-refractivity contribution in [3.63, 3.8) is 0 Å². The van der Waals surface area contributed by atoms with Crippen LogP contribution in [0.1, 0.15) is 346 Å². The van der Waals surface area contributed by atoms with Crippen LogP contribution in [0.2, 0.25) is 0 Å². The molecule has 1 rings (SSSR count). The Morgan fingerprint density at radius 1 is 0.217 bits per heavy atom. The molecule has 353 valence electrons. The quantitative estimate of drug-likeness (QED) is 0.0574. The first-order valence-electron chi connectivity index (χ1n) is 28.8. The van der Waals surface area contributed by atoms with Crippen LogP contribution < -0.4 is 0 Å². The van der Waals surface area contributed by atoms with E-state index in [1.165, 1.54) is 327 Å². The highest BCUT2D eigenvalue weighted by atomic mass is 14.1. The SMILES string of the molecule is CCCCCCCCCCCCCCCCCCc1c[c]cc(CCCCCCCCCCCCCCCCCC)c1CCCCCCCCCCCCCCCCCC. The second kappa shape index (κ2) is 49.2. The van der Waals surface area contributed by atoms with Crippen molar-refractivity contribution in [2.24, 2.45) is 0 Å². The average Bonchev–Trinajstić information content (AvgIpc) is 3.26. The number of aryl methyl sites for hydroxylation is 2. The van der Waals surface area contributed by atoms with Crippen molar-refractivity contribution in [3.8, 4) is 0 Å². The Hall–Kier alpha value is -0.780. The van der Waals surface area contributed by atoms with E-state index in [-0.39, 0.29) is 0 Å². The van der Waals surface area contributed by atoms with Gasteiger partial charge in [-0.05, 0) is 61.3 Å². The summed E-state index contributed by atoms with van der Waals surface area (Å²) in [6.07, 6.45) is 73.5. The lowest BCUT2D eigenvalue weighted by Gasteiger charge is -2.15. The van der Waals surface area contributed by atoms with Crippen molar-refractivity contribution < 1.29 is 0 Å². The van der Waals surface area contributed by atoms with Gasteiger partial charge in [-0.1, -0.05) is 322 Å². The molecule has 0 N–H and O–H groups in total. The Bertz CT molecular complexity index is 874. The van der Waals surface area contributed by atoms with Crippen LogP contribution in [-0.4, -0.2) is 0 Å². The minimum Gasteiger partial charge on any atom is -0.0654 e. The van der Waals surface area contributed by atoms with Gasteiger partial charge in [0.15, 0.2) is 0 Å². The van der Waals surface area contributed by atoms with E-state index in [9.17, 15) is 0 Å². The molecule has 0 saturated carbocycles. The highest BCUT2D eigenvalue weighted by Crippen LogP contribution is 2.24. The highest BCUT2D eigenvalue weighted by Gasteiger charge is 2.10. The molecule has 0 atom stereocenters. The molecule has 0 aromatic heterocycles. The van der Waals surface area contributed by atoms with Crippen molar-refractivity contribution in [1.29, 1.82) is 0 Å². The maximum atomic E-state index is 3.64. The number of unbranched alkanes of at least 4 members (excludes halogenated alkanes) is 45. The average molecular weight is 835 g/mol. The van der Waals surface area contributed by atoms with Gasteiger partial charge in [-0.2, -0.15) is 0 Å². The molecule has 0 fully saturated rings. The van der Waals surface area contributed by atoms with Gasteiger partial charge < -0.3 is 0 Å². The molecule has 1 radical (unpaired) electrons. The maximum absolute atomic E-state index is 3.64. The minimum absolute atomic E-state index is 1.29. The first kappa shape index (κ1) is 57.2. The summed E-state index contributed by atoms with van der Waals surface area (Å²) in [4.78, 5) is 0. The molecule has 0 heteroatoms. The third-order valence-corrected chi connectivity index (χ3v) is 14.2. The van der Waals surface area contributed by atoms with Crippen molar-refractivity contribution in [2.45, 2.75) is 348 Å². The molecular weight excluding hydrogens is 721 g/mol. The molecule has 0 aliphatic heterocycles. The van der Waals surface area contributed by atoms with Crippen molar-refractivity contribution >= 4 is 0 Å². The standard InChI is InChI=1S/C60H113/c1-4-7-10-13-16-19-22-25-28-31-34-37-40-43-46-49-53-58-55-52-56-59(54-50-47-44-41-38-35-32-29-26-23-20-17-14-11-8-5-2)60(58)57-51-48-45-42-39-36-33-30-27-24-21-18-15-12-9-6-3/h55-56H,4-51,53-54,57H2,1-3H3. The summed E-state index contributed by atoms with van der Waals surface area (Å²) < 4.78 is 0. The zero-order chi connectivity index (χ0) is 42.9. The van der Waals surface area contributed by atoms with E-state index < -0.39 is 0 Å². The van der Waals surface area contributed by atoms with Crippen LogP contribution in [0.5, 0.6) is 0 Å². The van der Waals surface area contributed by atoms with E-state index in [1.54, 1.807) is 16.7 Å². The van der Waals surface area contributed by atoms with Crippen LogP contribution in [0.25, 0.3) is 0 Å². The monoisotopic (exact) mass is 834 g/mol. The van der Waals surface area contributed by atoms with Gasteiger partial charge in [-0.25, -0.2) is 0 Å². The van der Waals surface area contributed by atoms with Crippen LogP contribution in [0.4, 0.5) is 0 Å². The molecule has 0 amide bonds. The Morgan fingerprint density at radius 3 is 0.583 bits per heavy atom. The number of hydrogen-bond acceptors (Lipinski definition) is 0. The molecule has 0 nitrogen and oxygen atoms in total. The third-order valence-electron chi connectivity index (χ3n) is 14.2. The van der Waals surface area contributed by atoms with Gasteiger partial charge in [0.1, 0.15) is 0 Å². The van der Waals surface area contributed by atoms with Crippen LogP contribution >= 0.6 is 0 Å². The fourth-order valence-electron chi connectivity index (χ4n) is 9.97. The Kier molecular flexibility index (Phi) is 47.0. The summed E-state index contributed by atoms with van der Waals surface area (Å²) in [5, 5.41) is 0. The highest BCUT2D eigenvalue weighted by molar-refractivity contribution is 5.35. The number of benzene rings is 1. The molecule has 0 unspecified atom stereocenters. The molecule has 0 heterocycles. The van der Waals surface area contributed by atoms with Crippen molar-refractivity contribution in [3.05, 3.63) is 34.9 Å². The van der Waals surface area contributed by atoms with Crippen LogP contribution in [-0.2, 0) is 19.3 Å². The van der Waals surface area contributed by atoms with Gasteiger partial charge in [-0.15, -0.1) is 0 Å². The molecule has 0 spiro atoms. The predicted octanol–water partition coefficient (Wildman–Crippen LogP) is 21.9. The fourth-order valence-corrected chi connectivity index (χ4v) is 9.97. The van der Waals surface area contributed by atoms with E-state index in [0.717, 1.165) is 0 Å². The predicted molar refractivity (Wildman–Crippen MR) is 275 cm³/mol. The van der Waals surface area contributed by atoms with Gasteiger partial charge in [0, 0.05) is 0 Å². The fraction of sp³-hybridized carbons (Fsp3) is 0.900. The number of rotatable bonds is 51. The van der Waals surface area contributed by atoms with Crippen molar-refractivity contribution in [2.75, 3.05) is 0 Å². The minimum atomic E-state index is 1.29. The lowest BCUT2D eigenvalue weighted by atomic mass is 9.90. The molecule has 60 heavy (non-hydrogen) atoms. The molecule has 1 aromatic carbocycles. The summed E-state index contributed by atoms with van der Waals surface area (Å²) in [5.74, 6) is 0. The number of hydrogen-bond donors (Lipinski definition) is 0. The Morgan fingerprint density at radius 2 is 0.383 bits per heavy atom. The summed E-state index contributed by atoms with van der Waals surface area (Å²) in [5.41, 5.74) is 5.08. The van der Waals surface area contributed by atoms with Gasteiger partial charge in [0.05, 0.1) is 0 Å². The second-order valence-corrected chi connectivity index (χ2v) is 20.1. The van der Waals surface area contributed by atoms with E-state index >= 15 is 0 Å². The molecule has 0 saturated heterocycles. The molecular formula is C60H113. The Labute approximate surface area is 381 Å². The lowest BCUT2D eigenvalue weighted by molar-refractivity contribution is 0.527. The molecule has 0 bridgehead atoms. The van der Waals surface area contributed by atoms with E-state index in [2.05, 4.69) is 39.0 Å². The van der Waals surface area contributed by atoms with E-state index in [4.69, 9.17) is 0 Å². The maximum Gasteiger partial charge on any atom is -0.0178 e. The second-order valence-electron chi connectivity index (χ2n) is 20.1.